The number of fused-ring (bicyclic) bond motifs is 1. The van der Waals surface area contributed by atoms with E-state index in [1.54, 1.807) is 6.20 Å². The van der Waals surface area contributed by atoms with Gasteiger partial charge in [0, 0.05) is 11.1 Å². The molecule has 3 aromatic rings. The average Bonchev–Trinajstić information content (AvgIpc) is 2.51. The molecular weight excluding hydrogens is 274 g/mol. The third-order valence-electron chi connectivity index (χ3n) is 4.13. The number of rotatable bonds is 2. The molecule has 0 saturated heterocycles. The minimum atomic E-state index is 0.399. The lowest BCUT2D eigenvalue weighted by Gasteiger charge is -2.16. The van der Waals surface area contributed by atoms with Crippen LogP contribution < -0.4 is 5.73 Å². The Morgan fingerprint density at radius 2 is 1.91 bits per heavy atom. The van der Waals surface area contributed by atoms with Crippen molar-refractivity contribution in [1.29, 1.82) is 0 Å². The molecule has 0 bridgehead atoms. The van der Waals surface area contributed by atoms with Gasteiger partial charge in [0.2, 0.25) is 0 Å². The molecule has 0 saturated carbocycles. The van der Waals surface area contributed by atoms with Crippen molar-refractivity contribution in [2.24, 2.45) is 0 Å². The van der Waals surface area contributed by atoms with Crippen LogP contribution in [0, 0.1) is 20.8 Å². The van der Waals surface area contributed by atoms with Crippen LogP contribution in [0.25, 0.3) is 22.2 Å². The first kappa shape index (κ1) is 14.2. The Morgan fingerprint density at radius 3 is 2.64 bits per heavy atom. The van der Waals surface area contributed by atoms with E-state index in [2.05, 4.69) is 16.9 Å². The van der Waals surface area contributed by atoms with E-state index < -0.39 is 0 Å². The van der Waals surface area contributed by atoms with E-state index in [4.69, 9.17) is 5.73 Å². The zero-order chi connectivity index (χ0) is 15.9. The van der Waals surface area contributed by atoms with Crippen LogP contribution >= 0.6 is 0 Å². The number of anilines is 1. The van der Waals surface area contributed by atoms with Crippen molar-refractivity contribution in [3.63, 3.8) is 0 Å². The van der Waals surface area contributed by atoms with E-state index in [0.717, 1.165) is 45.1 Å². The number of aromatic nitrogens is 2. The Labute approximate surface area is 129 Å². The highest BCUT2D eigenvalue weighted by atomic mass is 16.1. The molecule has 0 fully saturated rings. The Kier molecular flexibility index (Phi) is 3.37. The molecule has 2 N–H and O–H groups in total. The molecule has 4 nitrogen and oxygen atoms in total. The van der Waals surface area contributed by atoms with Gasteiger partial charge >= 0.3 is 0 Å². The van der Waals surface area contributed by atoms with Crippen LogP contribution in [-0.4, -0.2) is 16.3 Å². The van der Waals surface area contributed by atoms with Gasteiger partial charge in [-0.05, 0) is 55.2 Å². The normalized spacial score (nSPS) is 10.9. The number of hydrogen-bond acceptors (Lipinski definition) is 4. The summed E-state index contributed by atoms with van der Waals surface area (Å²) in [6.45, 7) is 6.05. The summed E-state index contributed by atoms with van der Waals surface area (Å²) in [4.78, 5) is 20.1. The van der Waals surface area contributed by atoms with E-state index >= 15 is 0 Å². The molecule has 0 amide bonds. The Morgan fingerprint density at radius 1 is 1.14 bits per heavy atom. The maximum atomic E-state index is 11.3. The highest BCUT2D eigenvalue weighted by molar-refractivity contribution is 5.96. The molecule has 110 valence electrons. The van der Waals surface area contributed by atoms with Crippen molar-refractivity contribution in [2.75, 3.05) is 5.73 Å². The van der Waals surface area contributed by atoms with E-state index in [1.165, 1.54) is 0 Å². The van der Waals surface area contributed by atoms with Gasteiger partial charge in [0.05, 0.1) is 17.2 Å². The van der Waals surface area contributed by atoms with Gasteiger partial charge in [-0.15, -0.1) is 0 Å². The summed E-state index contributed by atoms with van der Waals surface area (Å²) in [6, 6.07) is 7.77. The van der Waals surface area contributed by atoms with Crippen LogP contribution in [0.4, 0.5) is 5.82 Å². The first-order valence-electron chi connectivity index (χ1n) is 7.10. The number of carbonyl (C=O) groups excluding carboxylic acids is 1. The van der Waals surface area contributed by atoms with Gasteiger partial charge in [0.1, 0.15) is 12.1 Å². The largest absolute Gasteiger partial charge is 0.382 e. The molecule has 0 aliphatic rings. The SMILES string of the molecule is Cc1cc(C=O)c(C)c(-c2cccc3nc(N)cnc23)c1C. The second kappa shape index (κ2) is 5.22. The fraction of sp³-hybridized carbons (Fsp3) is 0.167. The van der Waals surface area contributed by atoms with Gasteiger partial charge in [-0.1, -0.05) is 12.1 Å². The molecule has 0 atom stereocenters. The molecule has 4 heteroatoms. The summed E-state index contributed by atoms with van der Waals surface area (Å²) >= 11 is 0. The number of aldehydes is 1. The molecule has 0 radical (unpaired) electrons. The highest BCUT2D eigenvalue weighted by Crippen LogP contribution is 2.34. The standard InChI is InChI=1S/C18H17N3O/c1-10-7-13(9-22)12(3)17(11(10)2)14-5-4-6-15-18(14)20-8-16(19)21-15/h4-9H,1-3H3,(H2,19,21). The van der Waals surface area contributed by atoms with Crippen LogP contribution in [-0.2, 0) is 0 Å². The monoisotopic (exact) mass is 291 g/mol. The van der Waals surface area contributed by atoms with Crippen LogP contribution in [0.2, 0.25) is 0 Å². The summed E-state index contributed by atoms with van der Waals surface area (Å²) in [5.41, 5.74) is 13.2. The first-order chi connectivity index (χ1) is 10.5. The Balaban J connectivity index is 2.42. The number of benzene rings is 2. The number of para-hydroxylation sites is 1. The van der Waals surface area contributed by atoms with Crippen LogP contribution in [0.1, 0.15) is 27.0 Å². The summed E-state index contributed by atoms with van der Waals surface area (Å²) in [7, 11) is 0. The van der Waals surface area contributed by atoms with E-state index in [1.807, 2.05) is 38.1 Å². The van der Waals surface area contributed by atoms with Gasteiger partial charge in [0.15, 0.2) is 0 Å². The number of nitrogen functional groups attached to an aromatic ring is 1. The van der Waals surface area contributed by atoms with Crippen LogP contribution in [0.3, 0.4) is 0 Å². The molecule has 0 spiro atoms. The van der Waals surface area contributed by atoms with Crippen molar-refractivity contribution in [3.8, 4) is 11.1 Å². The predicted octanol–water partition coefficient (Wildman–Crippen LogP) is 3.62. The maximum Gasteiger partial charge on any atom is 0.150 e. The number of carbonyl (C=O) groups is 1. The lowest BCUT2D eigenvalue weighted by molar-refractivity contribution is 0.112. The van der Waals surface area contributed by atoms with Gasteiger partial charge in [0.25, 0.3) is 0 Å². The molecule has 22 heavy (non-hydrogen) atoms. The summed E-state index contributed by atoms with van der Waals surface area (Å²) < 4.78 is 0. The van der Waals surface area contributed by atoms with Gasteiger partial charge in [-0.2, -0.15) is 0 Å². The van der Waals surface area contributed by atoms with Crippen molar-refractivity contribution >= 4 is 23.1 Å². The molecule has 1 heterocycles. The van der Waals surface area contributed by atoms with E-state index in [-0.39, 0.29) is 0 Å². The fourth-order valence-corrected chi connectivity index (χ4v) is 2.86. The highest BCUT2D eigenvalue weighted by Gasteiger charge is 2.15. The Hall–Kier alpha value is -2.75. The molecule has 0 unspecified atom stereocenters. The second-order valence-electron chi connectivity index (χ2n) is 5.49. The van der Waals surface area contributed by atoms with Crippen molar-refractivity contribution in [2.45, 2.75) is 20.8 Å². The van der Waals surface area contributed by atoms with E-state index in [0.29, 0.717) is 11.4 Å². The minimum Gasteiger partial charge on any atom is -0.382 e. The molecule has 3 rings (SSSR count). The summed E-state index contributed by atoms with van der Waals surface area (Å²) in [5.74, 6) is 0.399. The third kappa shape index (κ3) is 2.13. The second-order valence-corrected chi connectivity index (χ2v) is 5.49. The first-order valence-corrected chi connectivity index (χ1v) is 7.10. The average molecular weight is 291 g/mol. The van der Waals surface area contributed by atoms with Crippen molar-refractivity contribution in [1.82, 2.24) is 9.97 Å². The number of aryl methyl sites for hydroxylation is 1. The van der Waals surface area contributed by atoms with Crippen molar-refractivity contribution < 1.29 is 4.79 Å². The predicted molar refractivity (Wildman–Crippen MR) is 89.0 cm³/mol. The zero-order valence-electron chi connectivity index (χ0n) is 12.8. The van der Waals surface area contributed by atoms with Crippen molar-refractivity contribution in [3.05, 3.63) is 52.7 Å². The molecule has 2 aromatic carbocycles. The van der Waals surface area contributed by atoms with E-state index in [9.17, 15) is 4.79 Å². The summed E-state index contributed by atoms with van der Waals surface area (Å²) in [6.07, 6.45) is 2.47. The number of nitrogens with zero attached hydrogens (tertiary/aromatic N) is 2. The van der Waals surface area contributed by atoms with Gasteiger partial charge in [-0.3, -0.25) is 9.78 Å². The van der Waals surface area contributed by atoms with Crippen LogP contribution in [0.15, 0.2) is 30.5 Å². The number of nitrogens with two attached hydrogens (primary N) is 1. The minimum absolute atomic E-state index is 0.399. The summed E-state index contributed by atoms with van der Waals surface area (Å²) in [5, 5.41) is 0. The molecular formula is C18H17N3O. The smallest absolute Gasteiger partial charge is 0.150 e. The quantitative estimate of drug-likeness (QED) is 0.732. The lowest BCUT2D eigenvalue weighted by Crippen LogP contribution is -1.99. The lowest BCUT2D eigenvalue weighted by atomic mass is 9.89. The molecule has 0 aliphatic heterocycles. The molecule has 1 aromatic heterocycles. The zero-order valence-corrected chi connectivity index (χ0v) is 12.8. The topological polar surface area (TPSA) is 68.9 Å². The number of hydrogen-bond donors (Lipinski definition) is 1. The molecule has 0 aliphatic carbocycles. The fourth-order valence-electron chi connectivity index (χ4n) is 2.86. The maximum absolute atomic E-state index is 11.3. The van der Waals surface area contributed by atoms with Crippen LogP contribution in [0.5, 0.6) is 0 Å². The third-order valence-corrected chi connectivity index (χ3v) is 4.13. The van der Waals surface area contributed by atoms with Gasteiger partial charge < -0.3 is 5.73 Å². The Bertz CT molecular complexity index is 900. The van der Waals surface area contributed by atoms with Gasteiger partial charge in [-0.25, -0.2) is 4.98 Å².